The average molecular weight is 1050 g/mol. The van der Waals surface area contributed by atoms with Crippen LogP contribution in [0.4, 0.5) is 4.79 Å². The van der Waals surface area contributed by atoms with Crippen LogP contribution < -0.4 is 21.3 Å². The largest absolute Gasteiger partial charge is 0.379 e. The van der Waals surface area contributed by atoms with Gasteiger partial charge in [0.05, 0.1) is 49.3 Å². The first-order valence-electron chi connectivity index (χ1n) is 26.7. The number of likely N-dealkylation sites (tertiary alicyclic amines) is 1. The fourth-order valence-corrected chi connectivity index (χ4v) is 10.7. The molecule has 1 aromatic heterocycles. The maximum absolute atomic E-state index is 14.7. The summed E-state index contributed by atoms with van der Waals surface area (Å²) in [7, 11) is 6.51. The topological polar surface area (TPSA) is 244 Å². The fourth-order valence-electron chi connectivity index (χ4n) is 10.7. The highest BCUT2D eigenvalue weighted by atomic mass is 16.7. The highest BCUT2D eigenvalue weighted by molar-refractivity contribution is 6.12. The predicted molar refractivity (Wildman–Crippen MR) is 282 cm³/mol. The van der Waals surface area contributed by atoms with Gasteiger partial charge in [0, 0.05) is 96.2 Å². The van der Waals surface area contributed by atoms with E-state index >= 15 is 0 Å². The van der Waals surface area contributed by atoms with Crippen LogP contribution in [0.25, 0.3) is 10.9 Å². The summed E-state index contributed by atoms with van der Waals surface area (Å²) in [6.07, 6.45) is 6.52. The highest BCUT2D eigenvalue weighted by Crippen LogP contribution is 2.30. The van der Waals surface area contributed by atoms with Gasteiger partial charge in [-0.25, -0.2) is 9.86 Å². The van der Waals surface area contributed by atoms with Crippen molar-refractivity contribution in [1.29, 1.82) is 0 Å². The molecule has 2 aromatic rings. The molecule has 0 bridgehead atoms. The Morgan fingerprint density at radius 3 is 2.17 bits per heavy atom. The van der Waals surface area contributed by atoms with Crippen molar-refractivity contribution in [2.24, 2.45) is 23.7 Å². The zero-order chi connectivity index (χ0) is 55.1. The minimum atomic E-state index is -0.924. The summed E-state index contributed by atoms with van der Waals surface area (Å²) < 4.78 is 12.2. The van der Waals surface area contributed by atoms with Gasteiger partial charge in [-0.3, -0.25) is 48.2 Å². The fraction of sp³-hybridized carbons (Fsp3) is 0.667. The number of nitrogens with one attached hydrogen (secondary N) is 5. The number of para-hydroxylation sites is 1. The number of amides is 9. The van der Waals surface area contributed by atoms with Crippen LogP contribution in [0.3, 0.4) is 0 Å². The molecule has 0 spiro atoms. The van der Waals surface area contributed by atoms with Gasteiger partial charge in [-0.1, -0.05) is 73.1 Å². The number of carbonyl (C=O) groups excluding carboxylic acids is 8. The third-order valence-corrected chi connectivity index (χ3v) is 15.1. The van der Waals surface area contributed by atoms with E-state index in [1.165, 1.54) is 31.4 Å². The second kappa shape index (κ2) is 28.3. The number of hydrogen-bond acceptors (Lipinski definition) is 12. The van der Waals surface area contributed by atoms with Gasteiger partial charge in [0.25, 0.3) is 17.7 Å². The molecule has 0 unspecified atom stereocenters. The molecule has 3 aliphatic heterocycles. The number of benzene rings is 1. The molecular formula is C54H84N10O11. The second-order valence-electron chi connectivity index (χ2n) is 20.9. The maximum atomic E-state index is 14.7. The first kappa shape index (κ1) is 60.0. The number of H-pyrrole nitrogens is 1. The molecule has 9 atom stereocenters. The summed E-state index contributed by atoms with van der Waals surface area (Å²) in [6, 6.07) is 3.77. The lowest BCUT2D eigenvalue weighted by atomic mass is 9.89. The Kier molecular flexibility index (Phi) is 22.6. The molecule has 3 aliphatic rings. The van der Waals surface area contributed by atoms with Gasteiger partial charge in [0.1, 0.15) is 12.1 Å². The molecular weight excluding hydrogens is 965 g/mol. The smallest absolute Gasteiger partial charge is 0.314 e. The van der Waals surface area contributed by atoms with Gasteiger partial charge < -0.3 is 45.5 Å². The van der Waals surface area contributed by atoms with Crippen molar-refractivity contribution >= 4 is 58.3 Å². The molecule has 5 rings (SSSR count). The lowest BCUT2D eigenvalue weighted by Gasteiger charge is -2.41. The average Bonchev–Trinajstić information content (AvgIpc) is 4.13. The number of aromatic nitrogens is 1. The molecule has 21 nitrogen and oxygen atoms in total. The zero-order valence-electron chi connectivity index (χ0n) is 46.0. The molecule has 0 radical (unpaired) electrons. The van der Waals surface area contributed by atoms with Crippen LogP contribution in [0.5, 0.6) is 0 Å². The Morgan fingerprint density at radius 2 is 1.55 bits per heavy atom. The second-order valence-corrected chi connectivity index (χ2v) is 20.9. The number of nitrogens with zero attached hydrogens (tertiary/aromatic N) is 5. The van der Waals surface area contributed by atoms with Crippen molar-refractivity contribution in [2.45, 2.75) is 136 Å². The van der Waals surface area contributed by atoms with Crippen molar-refractivity contribution in [3.8, 4) is 0 Å². The van der Waals surface area contributed by atoms with Crippen LogP contribution in [0, 0.1) is 23.7 Å². The first-order chi connectivity index (χ1) is 35.7. The normalized spacial score (nSPS) is 19.2. The zero-order valence-corrected chi connectivity index (χ0v) is 46.0. The molecule has 21 heteroatoms. The molecule has 9 amide bonds. The summed E-state index contributed by atoms with van der Waals surface area (Å²) in [5, 5.41) is 13.8. The first-order valence-corrected chi connectivity index (χ1v) is 26.7. The van der Waals surface area contributed by atoms with E-state index in [1.807, 2.05) is 76.9 Å². The molecule has 0 aliphatic carbocycles. The van der Waals surface area contributed by atoms with Crippen LogP contribution >= 0.6 is 0 Å². The van der Waals surface area contributed by atoms with Crippen molar-refractivity contribution in [3.63, 3.8) is 0 Å². The van der Waals surface area contributed by atoms with E-state index in [2.05, 4.69) is 26.3 Å². The number of urea groups is 1. The summed E-state index contributed by atoms with van der Waals surface area (Å²) >= 11 is 0. The van der Waals surface area contributed by atoms with E-state index in [0.717, 1.165) is 34.2 Å². The summed E-state index contributed by atoms with van der Waals surface area (Å²) in [5.41, 5.74) is 1.80. The molecule has 2 saturated heterocycles. The van der Waals surface area contributed by atoms with Crippen molar-refractivity contribution in [1.82, 2.24) is 50.9 Å². The highest BCUT2D eigenvalue weighted by Gasteiger charge is 2.44. The third-order valence-electron chi connectivity index (χ3n) is 15.1. The number of methoxy groups -OCH3 is 2. The number of carbonyl (C=O) groups is 8. The van der Waals surface area contributed by atoms with Crippen LogP contribution in [0.15, 0.2) is 42.6 Å². The van der Waals surface area contributed by atoms with Crippen molar-refractivity contribution < 1.29 is 52.7 Å². The number of rotatable bonds is 27. The van der Waals surface area contributed by atoms with E-state index in [-0.39, 0.29) is 79.8 Å². The summed E-state index contributed by atoms with van der Waals surface area (Å²) in [4.78, 5) is 123. The maximum Gasteiger partial charge on any atom is 0.314 e. The molecule has 1 aromatic carbocycles. The molecule has 416 valence electrons. The van der Waals surface area contributed by atoms with E-state index in [0.29, 0.717) is 45.5 Å². The number of ether oxygens (including phenoxy) is 2. The van der Waals surface area contributed by atoms with E-state index in [1.54, 1.807) is 30.8 Å². The van der Waals surface area contributed by atoms with Crippen LogP contribution in [-0.4, -0.2) is 194 Å². The minimum absolute atomic E-state index is 0.0370. The minimum Gasteiger partial charge on any atom is -0.379 e. The Balaban J connectivity index is 1.22. The third kappa shape index (κ3) is 15.4. The molecule has 0 saturated carbocycles. The number of likely N-dealkylation sites (N-methyl/N-ethyl adjacent to an activating group) is 2. The summed E-state index contributed by atoms with van der Waals surface area (Å²) in [5.74, 6) is -3.85. The SMILES string of the molecule is CC[C@H](C)[C@@H]([C@@H](CC(=O)N1CCC[C@H]1[C@H](OC)[C@@H](C)C(=O)N[C@@H](Cc1c[nH]c2ccccc12)C(=O)N1CCCCO1)OC)N(C)C(=O)[C@@H](NC(=O)[C@H](C(C)C)N(C)CCNC(=O)NCCN1C(=O)C=CC1=O)C(C)C. The van der Waals surface area contributed by atoms with E-state index in [9.17, 15) is 38.4 Å². The Morgan fingerprint density at radius 1 is 0.853 bits per heavy atom. The summed E-state index contributed by atoms with van der Waals surface area (Å²) in [6.45, 7) is 15.2. The van der Waals surface area contributed by atoms with Crippen molar-refractivity contribution in [3.05, 3.63) is 48.2 Å². The number of imide groups is 1. The van der Waals surface area contributed by atoms with Crippen LogP contribution in [-0.2, 0) is 54.3 Å². The van der Waals surface area contributed by atoms with Gasteiger partial charge in [-0.15, -0.1) is 0 Å². The molecule has 75 heavy (non-hydrogen) atoms. The van der Waals surface area contributed by atoms with Gasteiger partial charge >= 0.3 is 6.03 Å². The molecule has 5 N–H and O–H groups in total. The monoisotopic (exact) mass is 1050 g/mol. The standard InChI is InChI=1S/C54H84N10O11/c1-12-35(6)48(61(9)53(71)46(33(2)3)59-51(69)47(34(4)5)60(8)27-23-55-54(72)56-24-28-63-43(65)21-22-44(63)66)42(73-10)31-45(67)62-25-17-20-41(62)49(74-11)36(7)50(68)58-40(52(70)64-26-15-16-29-75-64)30-37-32-57-39-19-14-13-18-38(37)39/h13-14,18-19,21-22,32-36,40-42,46-49,57H,12,15-17,20,23-31H2,1-11H3,(H,58,68)(H,59,69)(H2,55,56,72)/t35-,36+,40-,41-,42+,46-,47-,48-,49+/m0/s1. The predicted octanol–water partition coefficient (Wildman–Crippen LogP) is 2.99. The van der Waals surface area contributed by atoms with Gasteiger partial charge in [-0.2, -0.15) is 0 Å². The van der Waals surface area contributed by atoms with Gasteiger partial charge in [0.2, 0.25) is 23.6 Å². The van der Waals surface area contributed by atoms with Crippen molar-refractivity contribution in [2.75, 3.05) is 74.2 Å². The number of hydroxylamine groups is 2. The van der Waals surface area contributed by atoms with Gasteiger partial charge in [0.15, 0.2) is 0 Å². The number of aromatic amines is 1. The molecule has 4 heterocycles. The Labute approximate surface area is 442 Å². The van der Waals surface area contributed by atoms with E-state index < -0.39 is 66.2 Å². The molecule has 2 fully saturated rings. The Bertz CT molecular complexity index is 2300. The quantitative estimate of drug-likeness (QED) is 0.0812. The Hall–Kier alpha value is -5.90. The van der Waals surface area contributed by atoms with E-state index in [4.69, 9.17) is 14.3 Å². The van der Waals surface area contributed by atoms with Gasteiger partial charge in [-0.05, 0) is 62.1 Å². The lowest BCUT2D eigenvalue weighted by Crippen LogP contribution is -2.60. The lowest BCUT2D eigenvalue weighted by molar-refractivity contribution is -0.199. The number of hydrogen-bond donors (Lipinski definition) is 5. The van der Waals surface area contributed by atoms with Crippen LogP contribution in [0.2, 0.25) is 0 Å². The number of fused-ring (bicyclic) bond motifs is 1. The van der Waals surface area contributed by atoms with Crippen LogP contribution in [0.1, 0.15) is 92.6 Å².